The number of amides is 1. The molecule has 0 fully saturated rings. The first-order valence-corrected chi connectivity index (χ1v) is 8.40. The molecule has 0 aliphatic carbocycles. The minimum absolute atomic E-state index is 0.195. The van der Waals surface area contributed by atoms with E-state index in [-0.39, 0.29) is 23.2 Å². The van der Waals surface area contributed by atoms with Crippen molar-refractivity contribution in [3.8, 4) is 0 Å². The summed E-state index contributed by atoms with van der Waals surface area (Å²) in [5.74, 6) is -0.321. The van der Waals surface area contributed by atoms with E-state index in [1.54, 1.807) is 24.3 Å². The van der Waals surface area contributed by atoms with Gasteiger partial charge < -0.3 is 5.32 Å². The lowest BCUT2D eigenvalue weighted by Crippen LogP contribution is -2.29. The predicted octanol–water partition coefficient (Wildman–Crippen LogP) is 3.57. The maximum atomic E-state index is 12.7. The molecule has 1 heterocycles. The van der Waals surface area contributed by atoms with Gasteiger partial charge in [0, 0.05) is 5.39 Å². The van der Waals surface area contributed by atoms with Crippen molar-refractivity contribution in [2.75, 3.05) is 0 Å². The van der Waals surface area contributed by atoms with E-state index in [0.29, 0.717) is 10.8 Å². The number of carbonyl (C=O) groups is 1. The summed E-state index contributed by atoms with van der Waals surface area (Å²) in [6, 6.07) is 21.0. The normalized spacial score (nSPS) is 12.2. The second kappa shape index (κ2) is 6.44. The third-order valence-electron chi connectivity index (χ3n) is 4.53. The molecule has 1 aromatic heterocycles. The van der Waals surface area contributed by atoms with Gasteiger partial charge in [0.2, 0.25) is 0 Å². The van der Waals surface area contributed by atoms with Crippen molar-refractivity contribution < 1.29 is 4.79 Å². The Hall–Kier alpha value is -3.47. The van der Waals surface area contributed by atoms with E-state index in [0.717, 1.165) is 16.3 Å². The van der Waals surface area contributed by atoms with E-state index in [2.05, 4.69) is 27.6 Å². The molecule has 0 saturated heterocycles. The van der Waals surface area contributed by atoms with E-state index in [1.165, 1.54) is 0 Å². The summed E-state index contributed by atoms with van der Waals surface area (Å²) in [5, 5.41) is 12.6. The topological polar surface area (TPSA) is 74.8 Å². The fourth-order valence-corrected chi connectivity index (χ4v) is 3.11. The molecule has 2 N–H and O–H groups in total. The number of nitrogens with zero attached hydrogens (tertiary/aromatic N) is 1. The average Bonchev–Trinajstić information content (AvgIpc) is 2.68. The Morgan fingerprint density at radius 1 is 0.962 bits per heavy atom. The maximum Gasteiger partial charge on any atom is 0.272 e. The number of aromatic nitrogens is 2. The number of H-pyrrole nitrogens is 1. The molecular formula is C21H17N3O2. The Bertz CT molecular complexity index is 1180. The van der Waals surface area contributed by atoms with E-state index in [4.69, 9.17) is 0 Å². The number of hydrogen-bond donors (Lipinski definition) is 2. The molecule has 4 rings (SSSR count). The third-order valence-corrected chi connectivity index (χ3v) is 4.53. The van der Waals surface area contributed by atoms with Crippen LogP contribution in [0.5, 0.6) is 0 Å². The monoisotopic (exact) mass is 343 g/mol. The zero-order valence-electron chi connectivity index (χ0n) is 14.2. The highest BCUT2D eigenvalue weighted by atomic mass is 16.2. The van der Waals surface area contributed by atoms with Crippen LogP contribution in [0, 0.1) is 0 Å². The summed E-state index contributed by atoms with van der Waals surface area (Å²) in [5.41, 5.74) is 0.915. The highest BCUT2D eigenvalue weighted by Crippen LogP contribution is 2.21. The van der Waals surface area contributed by atoms with E-state index in [1.807, 2.05) is 37.3 Å². The quantitative estimate of drug-likeness (QED) is 0.597. The average molecular weight is 343 g/mol. The SMILES string of the molecule is C[C@H](NC(=O)c1n[nH]c(=O)c2ccccc12)c1ccc2ccccc2c1. The number of rotatable bonds is 3. The second-order valence-electron chi connectivity index (χ2n) is 6.25. The van der Waals surface area contributed by atoms with E-state index < -0.39 is 0 Å². The van der Waals surface area contributed by atoms with E-state index >= 15 is 0 Å². The molecule has 1 amide bonds. The summed E-state index contributed by atoms with van der Waals surface area (Å²) < 4.78 is 0. The number of benzene rings is 3. The Morgan fingerprint density at radius 3 is 2.46 bits per heavy atom. The van der Waals surface area contributed by atoms with Crippen molar-refractivity contribution in [1.82, 2.24) is 15.5 Å². The first kappa shape index (κ1) is 16.0. The van der Waals surface area contributed by atoms with E-state index in [9.17, 15) is 9.59 Å². The largest absolute Gasteiger partial charge is 0.344 e. The third kappa shape index (κ3) is 2.84. The molecular weight excluding hydrogens is 326 g/mol. The molecule has 4 aromatic rings. The Labute approximate surface area is 149 Å². The van der Waals surface area contributed by atoms with Crippen LogP contribution in [0.15, 0.2) is 71.5 Å². The van der Waals surface area contributed by atoms with Crippen LogP contribution in [0.2, 0.25) is 0 Å². The van der Waals surface area contributed by atoms with Crippen molar-refractivity contribution in [3.63, 3.8) is 0 Å². The molecule has 26 heavy (non-hydrogen) atoms. The van der Waals surface area contributed by atoms with Gasteiger partial charge in [-0.15, -0.1) is 0 Å². The summed E-state index contributed by atoms with van der Waals surface area (Å²) in [6.07, 6.45) is 0. The molecule has 0 bridgehead atoms. The van der Waals surface area contributed by atoms with Gasteiger partial charge >= 0.3 is 0 Å². The number of fused-ring (bicyclic) bond motifs is 2. The lowest BCUT2D eigenvalue weighted by molar-refractivity contribution is 0.0935. The van der Waals surface area contributed by atoms with Gasteiger partial charge in [0.25, 0.3) is 11.5 Å². The van der Waals surface area contributed by atoms with Crippen LogP contribution < -0.4 is 10.9 Å². The highest BCUT2D eigenvalue weighted by molar-refractivity contribution is 6.04. The Morgan fingerprint density at radius 2 is 1.65 bits per heavy atom. The maximum absolute atomic E-state index is 12.7. The molecule has 3 aromatic carbocycles. The molecule has 1 atom stereocenters. The van der Waals surface area contributed by atoms with Gasteiger partial charge in [-0.3, -0.25) is 9.59 Å². The summed E-state index contributed by atoms with van der Waals surface area (Å²) >= 11 is 0. The lowest BCUT2D eigenvalue weighted by atomic mass is 10.0. The molecule has 0 aliphatic heterocycles. The summed E-state index contributed by atoms with van der Waals surface area (Å²) in [6.45, 7) is 1.93. The van der Waals surface area contributed by atoms with Crippen LogP contribution in [0.25, 0.3) is 21.5 Å². The molecule has 0 spiro atoms. The van der Waals surface area contributed by atoms with Crippen LogP contribution in [0.1, 0.15) is 29.0 Å². The van der Waals surface area contributed by atoms with Crippen LogP contribution in [-0.4, -0.2) is 16.1 Å². The fourth-order valence-electron chi connectivity index (χ4n) is 3.11. The lowest BCUT2D eigenvalue weighted by Gasteiger charge is -2.15. The van der Waals surface area contributed by atoms with Crippen molar-refractivity contribution in [3.05, 3.63) is 88.3 Å². The number of hydrogen-bond acceptors (Lipinski definition) is 3. The first-order chi connectivity index (χ1) is 12.6. The number of nitrogens with one attached hydrogen (secondary N) is 2. The van der Waals surface area contributed by atoms with Gasteiger partial charge in [-0.2, -0.15) is 5.10 Å². The van der Waals surface area contributed by atoms with Gasteiger partial charge in [-0.1, -0.05) is 54.6 Å². The highest BCUT2D eigenvalue weighted by Gasteiger charge is 2.17. The van der Waals surface area contributed by atoms with Crippen molar-refractivity contribution in [2.24, 2.45) is 0 Å². The molecule has 5 nitrogen and oxygen atoms in total. The standard InChI is InChI=1S/C21H17N3O2/c1-13(15-11-10-14-6-2-3-7-16(14)12-15)22-21(26)19-17-8-4-5-9-18(17)20(25)24-23-19/h2-13H,1H3,(H,22,26)(H,24,25)/t13-/m0/s1. The molecule has 5 heteroatoms. The van der Waals surface area contributed by atoms with Crippen molar-refractivity contribution in [2.45, 2.75) is 13.0 Å². The van der Waals surface area contributed by atoms with Crippen LogP contribution in [0.4, 0.5) is 0 Å². The minimum Gasteiger partial charge on any atom is -0.344 e. The molecule has 128 valence electrons. The zero-order valence-corrected chi connectivity index (χ0v) is 14.2. The van der Waals surface area contributed by atoms with Gasteiger partial charge in [0.1, 0.15) is 0 Å². The van der Waals surface area contributed by atoms with Crippen LogP contribution in [0.3, 0.4) is 0 Å². The minimum atomic E-state index is -0.321. The van der Waals surface area contributed by atoms with Crippen LogP contribution >= 0.6 is 0 Å². The molecule has 0 saturated carbocycles. The number of aromatic amines is 1. The second-order valence-corrected chi connectivity index (χ2v) is 6.25. The fraction of sp³-hybridized carbons (Fsp3) is 0.0952. The van der Waals surface area contributed by atoms with Gasteiger partial charge in [0.15, 0.2) is 5.69 Å². The molecule has 0 aliphatic rings. The van der Waals surface area contributed by atoms with Gasteiger partial charge in [0.05, 0.1) is 11.4 Å². The molecule has 0 radical (unpaired) electrons. The van der Waals surface area contributed by atoms with Gasteiger partial charge in [-0.25, -0.2) is 5.10 Å². The summed E-state index contributed by atoms with van der Waals surface area (Å²) in [4.78, 5) is 24.6. The zero-order chi connectivity index (χ0) is 18.1. The Balaban J connectivity index is 1.65. The number of carbonyl (C=O) groups excluding carboxylic acids is 1. The molecule has 0 unspecified atom stereocenters. The Kier molecular flexibility index (Phi) is 3.97. The summed E-state index contributed by atoms with van der Waals surface area (Å²) in [7, 11) is 0. The predicted molar refractivity (Wildman–Crippen MR) is 102 cm³/mol. The van der Waals surface area contributed by atoms with Crippen molar-refractivity contribution in [1.29, 1.82) is 0 Å². The first-order valence-electron chi connectivity index (χ1n) is 8.40. The smallest absolute Gasteiger partial charge is 0.272 e. The van der Waals surface area contributed by atoms with Crippen molar-refractivity contribution >= 4 is 27.5 Å². The van der Waals surface area contributed by atoms with Gasteiger partial charge in [-0.05, 0) is 35.4 Å². The van der Waals surface area contributed by atoms with Crippen LogP contribution in [-0.2, 0) is 0 Å².